The van der Waals surface area contributed by atoms with Crippen molar-refractivity contribution in [2.75, 3.05) is 59.7 Å². The van der Waals surface area contributed by atoms with Crippen molar-refractivity contribution in [1.82, 2.24) is 9.80 Å². The number of carboxylic acid groups (broad SMARTS) is 1. The Balaban J connectivity index is 0.000000360. The number of alkyl halides is 3. The average molecular weight is 465 g/mol. The summed E-state index contributed by atoms with van der Waals surface area (Å²) in [6.07, 6.45) is 1.73. The molecule has 1 aliphatic carbocycles. The minimum absolute atomic E-state index is 0.201. The van der Waals surface area contributed by atoms with Crippen LogP contribution in [0.3, 0.4) is 0 Å². The van der Waals surface area contributed by atoms with Crippen LogP contribution in [0.5, 0.6) is 0 Å². The van der Waals surface area contributed by atoms with E-state index in [9.17, 15) is 18.0 Å². The molecule has 10 heteroatoms. The van der Waals surface area contributed by atoms with Gasteiger partial charge in [-0.3, -0.25) is 4.79 Å². The van der Waals surface area contributed by atoms with Gasteiger partial charge in [0.1, 0.15) is 0 Å². The van der Waals surface area contributed by atoms with Gasteiger partial charge in [0.05, 0.1) is 6.61 Å². The lowest BCUT2D eigenvalue weighted by Crippen LogP contribution is -2.49. The number of likely N-dealkylation sites (tertiary alicyclic amines) is 2. The maximum absolute atomic E-state index is 12.8. The average Bonchev–Trinajstić information content (AvgIpc) is 3.52. The summed E-state index contributed by atoms with van der Waals surface area (Å²) < 4.78 is 43.2. The van der Waals surface area contributed by atoms with E-state index in [4.69, 9.17) is 19.4 Å². The summed E-state index contributed by atoms with van der Waals surface area (Å²) in [4.78, 5) is 26.3. The Labute approximate surface area is 187 Å². The summed E-state index contributed by atoms with van der Waals surface area (Å²) in [5, 5.41) is 7.12. The lowest BCUT2D eigenvalue weighted by Gasteiger charge is -2.43. The molecule has 0 aromatic rings. The van der Waals surface area contributed by atoms with Gasteiger partial charge in [-0.15, -0.1) is 0 Å². The Morgan fingerprint density at radius 3 is 2.22 bits per heavy atom. The van der Waals surface area contributed by atoms with Gasteiger partial charge >= 0.3 is 12.1 Å². The lowest BCUT2D eigenvalue weighted by molar-refractivity contribution is -0.192. The van der Waals surface area contributed by atoms with Crippen LogP contribution < -0.4 is 0 Å². The quantitative estimate of drug-likeness (QED) is 0.674. The summed E-state index contributed by atoms with van der Waals surface area (Å²) in [6.45, 7) is 7.56. The molecule has 3 heterocycles. The van der Waals surface area contributed by atoms with E-state index in [0.717, 1.165) is 77.7 Å². The highest BCUT2D eigenvalue weighted by molar-refractivity contribution is 5.79. The van der Waals surface area contributed by atoms with Crippen LogP contribution in [-0.2, 0) is 19.1 Å². The maximum Gasteiger partial charge on any atom is 0.490 e. The van der Waals surface area contributed by atoms with E-state index in [0.29, 0.717) is 17.2 Å². The van der Waals surface area contributed by atoms with Crippen LogP contribution in [0.2, 0.25) is 0 Å². The van der Waals surface area contributed by atoms with Gasteiger partial charge in [-0.2, -0.15) is 13.2 Å². The Morgan fingerprint density at radius 1 is 1.09 bits per heavy atom. The van der Waals surface area contributed by atoms with Crippen molar-refractivity contribution in [2.45, 2.75) is 44.7 Å². The predicted octanol–water partition coefficient (Wildman–Crippen LogP) is 2.64. The van der Waals surface area contributed by atoms with Crippen molar-refractivity contribution in [3.8, 4) is 0 Å². The van der Waals surface area contributed by atoms with Crippen LogP contribution in [0, 0.1) is 23.2 Å². The predicted molar refractivity (Wildman–Crippen MR) is 110 cm³/mol. The van der Waals surface area contributed by atoms with Gasteiger partial charge in [0.2, 0.25) is 5.91 Å². The van der Waals surface area contributed by atoms with E-state index in [1.54, 1.807) is 0 Å². The highest BCUT2D eigenvalue weighted by Crippen LogP contribution is 2.45. The molecule has 7 nitrogen and oxygen atoms in total. The number of amides is 1. The number of rotatable bonds is 5. The molecular formula is C22H35F3N2O5. The first-order chi connectivity index (χ1) is 15.1. The Hall–Kier alpha value is -1.39. The molecule has 0 aromatic carbocycles. The van der Waals surface area contributed by atoms with Gasteiger partial charge in [-0.25, -0.2) is 4.79 Å². The number of carboxylic acids is 1. The standard InChI is InChI=1S/C20H34N2O3.C2HF3O2/c1-21-12-18(14-25-13-16-2-3-16)20(15-21)6-8-22(9-7-20)19(23)17-4-10-24-11-5-17;3-2(4,5)1(6)7/h16-18H,2-15H2,1H3;(H,6,7). The van der Waals surface area contributed by atoms with Gasteiger partial charge in [0.25, 0.3) is 0 Å². The molecule has 0 bridgehead atoms. The molecule has 1 spiro atoms. The van der Waals surface area contributed by atoms with Crippen LogP contribution in [0.1, 0.15) is 38.5 Å². The fraction of sp³-hybridized carbons (Fsp3) is 0.909. The number of halogens is 3. The Bertz CT molecular complexity index is 642. The van der Waals surface area contributed by atoms with Gasteiger partial charge in [0, 0.05) is 57.8 Å². The molecule has 184 valence electrons. The molecule has 0 radical (unpaired) electrons. The number of hydrogen-bond acceptors (Lipinski definition) is 5. The SMILES string of the molecule is CN1CC(COCC2CC2)C2(CCN(C(=O)C3CCOCC3)CC2)C1.O=C(O)C(F)(F)F. The molecule has 4 fully saturated rings. The fourth-order valence-corrected chi connectivity index (χ4v) is 5.13. The van der Waals surface area contributed by atoms with Crippen molar-refractivity contribution in [3.63, 3.8) is 0 Å². The van der Waals surface area contributed by atoms with Crippen LogP contribution >= 0.6 is 0 Å². The zero-order valence-corrected chi connectivity index (χ0v) is 18.7. The van der Waals surface area contributed by atoms with Crippen molar-refractivity contribution >= 4 is 11.9 Å². The van der Waals surface area contributed by atoms with E-state index in [-0.39, 0.29) is 5.92 Å². The fourth-order valence-electron chi connectivity index (χ4n) is 5.13. The zero-order valence-electron chi connectivity index (χ0n) is 18.7. The van der Waals surface area contributed by atoms with Crippen molar-refractivity contribution < 1.29 is 37.3 Å². The van der Waals surface area contributed by atoms with Gasteiger partial charge in [-0.05, 0) is 56.9 Å². The number of carbonyl (C=O) groups is 2. The monoisotopic (exact) mass is 464 g/mol. The molecule has 1 N–H and O–H groups in total. The molecule has 4 aliphatic rings. The first-order valence-electron chi connectivity index (χ1n) is 11.5. The van der Waals surface area contributed by atoms with Crippen LogP contribution in [0.25, 0.3) is 0 Å². The second-order valence-electron chi connectivity index (χ2n) is 9.75. The number of hydrogen-bond donors (Lipinski definition) is 1. The third-order valence-corrected chi connectivity index (χ3v) is 7.24. The van der Waals surface area contributed by atoms with Gasteiger partial charge in [0.15, 0.2) is 0 Å². The third-order valence-electron chi connectivity index (χ3n) is 7.24. The van der Waals surface area contributed by atoms with E-state index in [1.165, 1.54) is 19.4 Å². The van der Waals surface area contributed by atoms with Crippen LogP contribution in [-0.4, -0.2) is 92.6 Å². The molecule has 0 aromatic heterocycles. The van der Waals surface area contributed by atoms with E-state index < -0.39 is 12.1 Å². The van der Waals surface area contributed by atoms with Crippen molar-refractivity contribution in [1.29, 1.82) is 0 Å². The Kier molecular flexibility index (Phi) is 8.43. The number of nitrogens with zero attached hydrogens (tertiary/aromatic N) is 2. The van der Waals surface area contributed by atoms with E-state index in [2.05, 4.69) is 16.8 Å². The first-order valence-corrected chi connectivity index (χ1v) is 11.5. The molecule has 1 amide bonds. The molecule has 3 saturated heterocycles. The zero-order chi connectivity index (χ0) is 23.4. The minimum atomic E-state index is -5.08. The second-order valence-corrected chi connectivity index (χ2v) is 9.75. The smallest absolute Gasteiger partial charge is 0.475 e. The molecule has 1 unspecified atom stereocenters. The second kappa shape index (κ2) is 10.7. The molecule has 1 atom stereocenters. The number of carbonyl (C=O) groups excluding carboxylic acids is 1. The molecular weight excluding hydrogens is 429 g/mol. The third kappa shape index (κ3) is 6.81. The normalized spacial score (nSPS) is 26.6. The molecule has 32 heavy (non-hydrogen) atoms. The minimum Gasteiger partial charge on any atom is -0.475 e. The van der Waals surface area contributed by atoms with Crippen LogP contribution in [0.15, 0.2) is 0 Å². The van der Waals surface area contributed by atoms with Gasteiger partial charge < -0.3 is 24.4 Å². The van der Waals surface area contributed by atoms with Crippen molar-refractivity contribution in [3.05, 3.63) is 0 Å². The van der Waals surface area contributed by atoms with Crippen LogP contribution in [0.4, 0.5) is 13.2 Å². The summed E-state index contributed by atoms with van der Waals surface area (Å²) in [5.74, 6) is -0.698. The summed E-state index contributed by atoms with van der Waals surface area (Å²) in [5.41, 5.74) is 0.366. The molecule has 1 saturated carbocycles. The highest BCUT2D eigenvalue weighted by atomic mass is 19.4. The van der Waals surface area contributed by atoms with Crippen molar-refractivity contribution in [2.24, 2.45) is 23.2 Å². The van der Waals surface area contributed by atoms with E-state index in [1.807, 2.05) is 0 Å². The lowest BCUT2D eigenvalue weighted by atomic mass is 9.71. The summed E-state index contributed by atoms with van der Waals surface area (Å²) in [7, 11) is 2.24. The van der Waals surface area contributed by atoms with Gasteiger partial charge in [-0.1, -0.05) is 0 Å². The molecule has 3 aliphatic heterocycles. The largest absolute Gasteiger partial charge is 0.490 e. The Morgan fingerprint density at radius 2 is 1.69 bits per heavy atom. The highest BCUT2D eigenvalue weighted by Gasteiger charge is 2.48. The van der Waals surface area contributed by atoms with E-state index >= 15 is 0 Å². The summed E-state index contributed by atoms with van der Waals surface area (Å²) in [6, 6.07) is 0. The maximum atomic E-state index is 12.8. The number of ether oxygens (including phenoxy) is 2. The summed E-state index contributed by atoms with van der Waals surface area (Å²) >= 11 is 0. The first kappa shape index (κ1) is 25.2. The number of piperidine rings is 1. The topological polar surface area (TPSA) is 79.3 Å². The molecule has 4 rings (SSSR count). The number of aliphatic carboxylic acids is 1.